The molecule has 0 bridgehead atoms. The van der Waals surface area contributed by atoms with Crippen LogP contribution in [-0.2, 0) is 4.79 Å². The Kier molecular flexibility index (Phi) is 32.4. The smallest absolute Gasteiger partial charge is 0.220 e. The lowest BCUT2D eigenvalue weighted by molar-refractivity contribution is -0.122. The standard InChI is InChI=1S/C36H73NO3/c1-3-5-7-9-11-13-15-17-18-19-21-23-25-27-29-31-36(40)37-34(33-38)32-35(39)30-28-26-24-22-20-16-14-12-10-8-6-4-2/h34-35,38-39H,3-33H2,1-2H3,(H,37,40)/t34-,35-/m1/s1. The Morgan fingerprint density at radius 3 is 1.20 bits per heavy atom. The van der Waals surface area contributed by atoms with Crippen molar-refractivity contribution in [1.82, 2.24) is 5.32 Å². The summed E-state index contributed by atoms with van der Waals surface area (Å²) < 4.78 is 0. The van der Waals surface area contributed by atoms with Crippen molar-refractivity contribution in [2.75, 3.05) is 6.61 Å². The number of nitrogens with one attached hydrogen (secondary N) is 1. The number of carbonyl (C=O) groups excluding carboxylic acids is 1. The zero-order valence-electron chi connectivity index (χ0n) is 27.4. The second-order valence-electron chi connectivity index (χ2n) is 12.7. The van der Waals surface area contributed by atoms with E-state index in [1.807, 2.05) is 0 Å². The van der Waals surface area contributed by atoms with Gasteiger partial charge in [0.2, 0.25) is 5.91 Å². The molecule has 240 valence electrons. The highest BCUT2D eigenvalue weighted by Crippen LogP contribution is 2.16. The van der Waals surface area contributed by atoms with E-state index in [1.54, 1.807) is 0 Å². The maximum Gasteiger partial charge on any atom is 0.220 e. The quantitative estimate of drug-likeness (QED) is 0.0691. The molecule has 4 nitrogen and oxygen atoms in total. The topological polar surface area (TPSA) is 69.6 Å². The van der Waals surface area contributed by atoms with E-state index >= 15 is 0 Å². The van der Waals surface area contributed by atoms with E-state index in [9.17, 15) is 15.0 Å². The number of aliphatic hydroxyl groups is 2. The molecule has 2 atom stereocenters. The highest BCUT2D eigenvalue weighted by Gasteiger charge is 2.16. The molecule has 0 fully saturated rings. The van der Waals surface area contributed by atoms with E-state index in [4.69, 9.17) is 0 Å². The molecule has 0 aliphatic carbocycles. The molecular formula is C36H73NO3. The number of unbranched alkanes of at least 4 members (excludes halogenated alkanes) is 25. The molecule has 0 saturated carbocycles. The van der Waals surface area contributed by atoms with E-state index in [-0.39, 0.29) is 18.6 Å². The number of amides is 1. The first kappa shape index (κ1) is 39.4. The van der Waals surface area contributed by atoms with Crippen molar-refractivity contribution in [3.63, 3.8) is 0 Å². The normalized spacial score (nSPS) is 13.0. The molecule has 40 heavy (non-hydrogen) atoms. The molecule has 1 amide bonds. The molecule has 4 heteroatoms. The summed E-state index contributed by atoms with van der Waals surface area (Å²) in [5.74, 6) is 0.0197. The van der Waals surface area contributed by atoms with Crippen molar-refractivity contribution in [2.45, 2.75) is 219 Å². The number of aliphatic hydroxyl groups excluding tert-OH is 2. The van der Waals surface area contributed by atoms with Crippen molar-refractivity contribution in [3.8, 4) is 0 Å². The van der Waals surface area contributed by atoms with Gasteiger partial charge in [-0.05, 0) is 19.3 Å². The van der Waals surface area contributed by atoms with Gasteiger partial charge in [-0.3, -0.25) is 4.79 Å². The van der Waals surface area contributed by atoms with Gasteiger partial charge in [-0.2, -0.15) is 0 Å². The minimum atomic E-state index is -0.439. The van der Waals surface area contributed by atoms with Gasteiger partial charge in [0.25, 0.3) is 0 Å². The molecule has 0 heterocycles. The number of rotatable bonds is 33. The maximum absolute atomic E-state index is 12.3. The Morgan fingerprint density at radius 2 is 0.850 bits per heavy atom. The van der Waals surface area contributed by atoms with Gasteiger partial charge in [-0.25, -0.2) is 0 Å². The van der Waals surface area contributed by atoms with Gasteiger partial charge in [-0.15, -0.1) is 0 Å². The first-order chi connectivity index (χ1) is 19.6. The van der Waals surface area contributed by atoms with Crippen LogP contribution in [0.2, 0.25) is 0 Å². The van der Waals surface area contributed by atoms with E-state index < -0.39 is 6.10 Å². The number of hydrogen-bond acceptors (Lipinski definition) is 3. The van der Waals surface area contributed by atoms with Crippen LogP contribution in [0, 0.1) is 0 Å². The lowest BCUT2D eigenvalue weighted by Gasteiger charge is -2.20. The number of carbonyl (C=O) groups is 1. The molecule has 0 aliphatic rings. The van der Waals surface area contributed by atoms with Crippen LogP contribution < -0.4 is 5.32 Å². The van der Waals surface area contributed by atoms with Crippen LogP contribution >= 0.6 is 0 Å². The molecule has 0 aromatic heterocycles. The summed E-state index contributed by atoms with van der Waals surface area (Å²) in [4.78, 5) is 12.3. The van der Waals surface area contributed by atoms with Crippen LogP contribution in [0.3, 0.4) is 0 Å². The van der Waals surface area contributed by atoms with Crippen molar-refractivity contribution in [1.29, 1.82) is 0 Å². The van der Waals surface area contributed by atoms with Crippen LogP contribution in [-0.4, -0.2) is 34.9 Å². The summed E-state index contributed by atoms with van der Waals surface area (Å²) in [6, 6.07) is -0.323. The van der Waals surface area contributed by atoms with E-state index in [0.717, 1.165) is 25.7 Å². The lowest BCUT2D eigenvalue weighted by Crippen LogP contribution is -2.39. The molecule has 0 aromatic carbocycles. The fraction of sp³-hybridized carbons (Fsp3) is 0.972. The molecule has 0 radical (unpaired) electrons. The van der Waals surface area contributed by atoms with Gasteiger partial charge in [0.1, 0.15) is 0 Å². The summed E-state index contributed by atoms with van der Waals surface area (Å²) in [6.07, 6.45) is 36.9. The van der Waals surface area contributed by atoms with Gasteiger partial charge in [0.05, 0.1) is 18.8 Å². The van der Waals surface area contributed by atoms with Crippen LogP contribution in [0.15, 0.2) is 0 Å². The fourth-order valence-electron chi connectivity index (χ4n) is 5.80. The third-order valence-electron chi connectivity index (χ3n) is 8.54. The van der Waals surface area contributed by atoms with Crippen molar-refractivity contribution < 1.29 is 15.0 Å². The first-order valence-corrected chi connectivity index (χ1v) is 18.2. The van der Waals surface area contributed by atoms with E-state index in [1.165, 1.54) is 154 Å². The van der Waals surface area contributed by atoms with Gasteiger partial charge in [-0.1, -0.05) is 181 Å². The summed E-state index contributed by atoms with van der Waals surface area (Å²) in [6.45, 7) is 4.45. The second kappa shape index (κ2) is 32.9. The van der Waals surface area contributed by atoms with E-state index in [0.29, 0.717) is 12.8 Å². The Labute approximate surface area is 251 Å². The highest BCUT2D eigenvalue weighted by atomic mass is 16.3. The minimum Gasteiger partial charge on any atom is -0.394 e. The fourth-order valence-corrected chi connectivity index (χ4v) is 5.80. The van der Waals surface area contributed by atoms with Crippen LogP contribution in [0.25, 0.3) is 0 Å². The van der Waals surface area contributed by atoms with Crippen molar-refractivity contribution >= 4 is 5.91 Å². The average Bonchev–Trinajstić information content (AvgIpc) is 2.95. The maximum atomic E-state index is 12.3. The van der Waals surface area contributed by atoms with Gasteiger partial charge >= 0.3 is 0 Å². The number of hydrogen-bond donors (Lipinski definition) is 3. The molecule has 0 unspecified atom stereocenters. The Morgan fingerprint density at radius 1 is 0.525 bits per heavy atom. The molecule has 0 saturated heterocycles. The summed E-state index contributed by atoms with van der Waals surface area (Å²) in [7, 11) is 0. The van der Waals surface area contributed by atoms with Gasteiger partial charge < -0.3 is 15.5 Å². The van der Waals surface area contributed by atoms with Crippen molar-refractivity contribution in [3.05, 3.63) is 0 Å². The van der Waals surface area contributed by atoms with Crippen LogP contribution in [0.4, 0.5) is 0 Å². The Bertz CT molecular complexity index is 498. The Balaban J connectivity index is 3.52. The second-order valence-corrected chi connectivity index (χ2v) is 12.7. The van der Waals surface area contributed by atoms with Crippen LogP contribution in [0.1, 0.15) is 206 Å². The van der Waals surface area contributed by atoms with Gasteiger partial charge in [0.15, 0.2) is 0 Å². The molecule has 0 rings (SSSR count). The summed E-state index contributed by atoms with van der Waals surface area (Å²) >= 11 is 0. The van der Waals surface area contributed by atoms with Crippen LogP contribution in [0.5, 0.6) is 0 Å². The lowest BCUT2D eigenvalue weighted by atomic mass is 10.0. The molecule has 0 aliphatic heterocycles. The third-order valence-corrected chi connectivity index (χ3v) is 8.54. The third kappa shape index (κ3) is 30.4. The summed E-state index contributed by atoms with van der Waals surface area (Å²) in [5.41, 5.74) is 0. The zero-order valence-corrected chi connectivity index (χ0v) is 27.4. The van der Waals surface area contributed by atoms with Crippen molar-refractivity contribution in [2.24, 2.45) is 0 Å². The largest absolute Gasteiger partial charge is 0.394 e. The molecule has 3 N–H and O–H groups in total. The average molecular weight is 568 g/mol. The molecule has 0 spiro atoms. The predicted octanol–water partition coefficient (Wildman–Crippen LogP) is 10.6. The SMILES string of the molecule is CCCCCCCCCCCCCCCCCC(=O)N[C@@H](CO)C[C@H](O)CCCCCCCCCCCCCC. The zero-order chi connectivity index (χ0) is 29.4. The predicted molar refractivity (Wildman–Crippen MR) is 175 cm³/mol. The van der Waals surface area contributed by atoms with Gasteiger partial charge in [0, 0.05) is 6.42 Å². The first-order valence-electron chi connectivity index (χ1n) is 18.2. The summed E-state index contributed by atoms with van der Waals surface area (Å²) in [5, 5.41) is 23.0. The minimum absolute atomic E-state index is 0.0197. The Hall–Kier alpha value is -0.610. The highest BCUT2D eigenvalue weighted by molar-refractivity contribution is 5.76. The molecular weight excluding hydrogens is 494 g/mol. The molecule has 0 aromatic rings. The van der Waals surface area contributed by atoms with E-state index in [2.05, 4.69) is 19.2 Å². The monoisotopic (exact) mass is 568 g/mol.